The summed E-state index contributed by atoms with van der Waals surface area (Å²) < 4.78 is 29.6. The van der Waals surface area contributed by atoms with Crippen LogP contribution in [0.15, 0.2) is 47.6 Å². The number of benzene rings is 1. The Balaban J connectivity index is 2.43. The van der Waals surface area contributed by atoms with Crippen molar-refractivity contribution in [3.63, 3.8) is 0 Å². The number of ether oxygens (including phenoxy) is 1. The minimum absolute atomic E-state index is 0.0847. The number of hydrogen-bond donors (Lipinski definition) is 0. The summed E-state index contributed by atoms with van der Waals surface area (Å²) in [4.78, 5) is 14.0. The third-order valence-corrected chi connectivity index (χ3v) is 4.35. The highest BCUT2D eigenvalue weighted by Crippen LogP contribution is 2.27. The van der Waals surface area contributed by atoms with Crippen molar-refractivity contribution in [1.29, 1.82) is 0 Å². The first kappa shape index (κ1) is 14.9. The first-order valence-electron chi connectivity index (χ1n) is 5.89. The van der Waals surface area contributed by atoms with Gasteiger partial charge in [-0.15, -0.1) is 0 Å². The smallest absolute Gasteiger partial charge is 0.270 e. The molecule has 21 heavy (non-hydrogen) atoms. The summed E-state index contributed by atoms with van der Waals surface area (Å²) in [5.74, 6) is -0.144. The number of sulfone groups is 1. The Hall–Kier alpha value is -2.48. The fourth-order valence-corrected chi connectivity index (χ4v) is 3.09. The van der Waals surface area contributed by atoms with Gasteiger partial charge in [0.05, 0.1) is 17.8 Å². The third-order valence-electron chi connectivity index (χ3n) is 2.78. The molecule has 110 valence electrons. The van der Waals surface area contributed by atoms with E-state index in [0.29, 0.717) is 0 Å². The number of nitrogens with zero attached hydrogens (tertiary/aromatic N) is 2. The summed E-state index contributed by atoms with van der Waals surface area (Å²) in [7, 11) is -2.33. The number of non-ortho nitro benzene ring substituents is 1. The van der Waals surface area contributed by atoms with Crippen molar-refractivity contribution < 1.29 is 18.1 Å². The maximum absolute atomic E-state index is 12.3. The van der Waals surface area contributed by atoms with Gasteiger partial charge in [0.25, 0.3) is 5.69 Å². The van der Waals surface area contributed by atoms with Crippen molar-refractivity contribution in [1.82, 2.24) is 4.98 Å². The molecule has 8 heteroatoms. The van der Waals surface area contributed by atoms with Gasteiger partial charge in [0.2, 0.25) is 0 Å². The number of pyridine rings is 1. The number of rotatable bonds is 5. The number of hydrogen-bond acceptors (Lipinski definition) is 6. The van der Waals surface area contributed by atoms with Crippen LogP contribution in [0, 0.1) is 10.1 Å². The van der Waals surface area contributed by atoms with Crippen LogP contribution in [-0.4, -0.2) is 25.4 Å². The molecule has 2 aromatic rings. The van der Waals surface area contributed by atoms with E-state index >= 15 is 0 Å². The van der Waals surface area contributed by atoms with Crippen LogP contribution in [0.5, 0.6) is 5.75 Å². The molecule has 0 saturated heterocycles. The molecule has 0 N–H and O–H groups in total. The van der Waals surface area contributed by atoms with E-state index in [1.54, 1.807) is 12.1 Å². The summed E-state index contributed by atoms with van der Waals surface area (Å²) in [6, 6.07) is 8.37. The highest BCUT2D eigenvalue weighted by molar-refractivity contribution is 7.90. The third kappa shape index (κ3) is 3.34. The van der Waals surface area contributed by atoms with E-state index in [9.17, 15) is 18.5 Å². The van der Waals surface area contributed by atoms with E-state index < -0.39 is 20.5 Å². The van der Waals surface area contributed by atoms with Crippen molar-refractivity contribution >= 4 is 15.5 Å². The lowest BCUT2D eigenvalue weighted by Crippen LogP contribution is -2.08. The number of nitro benzene ring substituents is 1. The van der Waals surface area contributed by atoms with Crippen LogP contribution in [0.25, 0.3) is 0 Å². The van der Waals surface area contributed by atoms with E-state index in [-0.39, 0.29) is 22.0 Å². The Morgan fingerprint density at radius 2 is 2.05 bits per heavy atom. The van der Waals surface area contributed by atoms with Crippen LogP contribution in [0.4, 0.5) is 5.69 Å². The summed E-state index contributed by atoms with van der Waals surface area (Å²) in [5, 5.41) is 10.7. The average molecular weight is 308 g/mol. The number of methoxy groups -OCH3 is 1. The summed E-state index contributed by atoms with van der Waals surface area (Å²) >= 11 is 0. The van der Waals surface area contributed by atoms with Crippen LogP contribution in [0.1, 0.15) is 5.56 Å². The molecule has 0 aliphatic carbocycles. The second-order valence-electron chi connectivity index (χ2n) is 4.18. The summed E-state index contributed by atoms with van der Waals surface area (Å²) in [6.45, 7) is 0. The molecule has 0 aliphatic rings. The minimum Gasteiger partial charge on any atom is -0.496 e. The molecule has 0 spiro atoms. The highest BCUT2D eigenvalue weighted by atomic mass is 32.2. The van der Waals surface area contributed by atoms with Gasteiger partial charge in [-0.2, -0.15) is 0 Å². The summed E-state index contributed by atoms with van der Waals surface area (Å²) in [5.41, 5.74) is 0.0272. The molecule has 0 bridgehead atoms. The predicted octanol–water partition coefficient (Wildman–Crippen LogP) is 1.97. The van der Waals surface area contributed by atoms with Gasteiger partial charge in [0.1, 0.15) is 5.75 Å². The molecular formula is C13H12N2O5S. The predicted molar refractivity (Wildman–Crippen MR) is 74.8 cm³/mol. The normalized spacial score (nSPS) is 11.1. The molecular weight excluding hydrogens is 296 g/mol. The van der Waals surface area contributed by atoms with Gasteiger partial charge in [0.15, 0.2) is 14.9 Å². The topological polar surface area (TPSA) is 99.4 Å². The monoisotopic (exact) mass is 308 g/mol. The van der Waals surface area contributed by atoms with Crippen molar-refractivity contribution in [3.8, 4) is 5.75 Å². The van der Waals surface area contributed by atoms with E-state index in [4.69, 9.17) is 4.74 Å². The molecule has 1 aromatic heterocycles. The lowest BCUT2D eigenvalue weighted by Gasteiger charge is -2.08. The average Bonchev–Trinajstić information content (AvgIpc) is 2.47. The molecule has 7 nitrogen and oxygen atoms in total. The van der Waals surface area contributed by atoms with Crippen LogP contribution in [0.3, 0.4) is 0 Å². The van der Waals surface area contributed by atoms with Gasteiger partial charge in [-0.25, -0.2) is 13.4 Å². The maximum Gasteiger partial charge on any atom is 0.270 e. The molecule has 0 saturated carbocycles. The fourth-order valence-electron chi connectivity index (χ4n) is 1.80. The molecule has 2 rings (SSSR count). The van der Waals surface area contributed by atoms with E-state index in [0.717, 1.165) is 0 Å². The van der Waals surface area contributed by atoms with Crippen LogP contribution in [-0.2, 0) is 15.6 Å². The molecule has 0 atom stereocenters. The van der Waals surface area contributed by atoms with E-state index in [2.05, 4.69) is 4.98 Å². The molecule has 0 radical (unpaired) electrons. The molecule has 1 aromatic carbocycles. The molecule has 0 unspecified atom stereocenters. The first-order chi connectivity index (χ1) is 9.94. The van der Waals surface area contributed by atoms with Gasteiger partial charge < -0.3 is 4.74 Å². The number of aromatic nitrogens is 1. The van der Waals surface area contributed by atoms with E-state index in [1.165, 1.54) is 37.6 Å². The Kier molecular flexibility index (Phi) is 4.18. The second kappa shape index (κ2) is 5.88. The SMILES string of the molecule is COc1ccc([N+](=O)[O-])cc1CS(=O)(=O)c1ccccn1. The Morgan fingerprint density at radius 3 is 2.62 bits per heavy atom. The lowest BCUT2D eigenvalue weighted by atomic mass is 10.2. The quantitative estimate of drug-likeness (QED) is 0.618. The minimum atomic E-state index is -3.70. The van der Waals surface area contributed by atoms with Gasteiger partial charge in [-0.05, 0) is 18.2 Å². The highest BCUT2D eigenvalue weighted by Gasteiger charge is 2.21. The molecule has 0 amide bonds. The van der Waals surface area contributed by atoms with Crippen LogP contribution in [0.2, 0.25) is 0 Å². The second-order valence-corrected chi connectivity index (χ2v) is 6.12. The van der Waals surface area contributed by atoms with E-state index in [1.807, 2.05) is 0 Å². The fraction of sp³-hybridized carbons (Fsp3) is 0.154. The van der Waals surface area contributed by atoms with Gasteiger partial charge in [0, 0.05) is 23.9 Å². The largest absolute Gasteiger partial charge is 0.496 e. The van der Waals surface area contributed by atoms with Crippen molar-refractivity contribution in [2.45, 2.75) is 10.8 Å². The Labute approximate surface area is 121 Å². The molecule has 0 fully saturated rings. The van der Waals surface area contributed by atoms with Crippen molar-refractivity contribution in [2.75, 3.05) is 7.11 Å². The number of nitro groups is 1. The zero-order chi connectivity index (χ0) is 15.5. The zero-order valence-corrected chi connectivity index (χ0v) is 11.9. The Morgan fingerprint density at radius 1 is 1.29 bits per heavy atom. The van der Waals surface area contributed by atoms with Crippen molar-refractivity contribution in [2.24, 2.45) is 0 Å². The first-order valence-corrected chi connectivity index (χ1v) is 7.54. The van der Waals surface area contributed by atoms with Gasteiger partial charge in [-0.3, -0.25) is 10.1 Å². The van der Waals surface area contributed by atoms with Crippen LogP contribution >= 0.6 is 0 Å². The van der Waals surface area contributed by atoms with Gasteiger partial charge in [-0.1, -0.05) is 6.07 Å². The standard InChI is InChI=1S/C13H12N2O5S/c1-20-12-6-5-11(15(16)17)8-10(12)9-21(18,19)13-4-2-3-7-14-13/h2-8H,9H2,1H3. The molecule has 1 heterocycles. The zero-order valence-electron chi connectivity index (χ0n) is 11.1. The van der Waals surface area contributed by atoms with Crippen LogP contribution < -0.4 is 4.74 Å². The molecule has 0 aliphatic heterocycles. The van der Waals surface area contributed by atoms with Crippen molar-refractivity contribution in [3.05, 3.63) is 58.3 Å². The lowest BCUT2D eigenvalue weighted by molar-refractivity contribution is -0.384. The maximum atomic E-state index is 12.3. The van der Waals surface area contributed by atoms with Gasteiger partial charge >= 0.3 is 0 Å². The summed E-state index contributed by atoms with van der Waals surface area (Å²) in [6.07, 6.45) is 1.37. The Bertz CT molecular complexity index is 759.